The van der Waals surface area contributed by atoms with Gasteiger partial charge < -0.3 is 10.2 Å². The lowest BCUT2D eigenvalue weighted by molar-refractivity contribution is 0.435. The van der Waals surface area contributed by atoms with Crippen molar-refractivity contribution >= 4 is 29.6 Å². The highest BCUT2D eigenvalue weighted by atomic mass is 35.5. The van der Waals surface area contributed by atoms with E-state index in [2.05, 4.69) is 20.4 Å². The van der Waals surface area contributed by atoms with Crippen LogP contribution in [-0.2, 0) is 6.54 Å². The van der Waals surface area contributed by atoms with Crippen LogP contribution in [0, 0.1) is 5.82 Å². The molecule has 2 heterocycles. The van der Waals surface area contributed by atoms with E-state index in [9.17, 15) is 4.39 Å². The van der Waals surface area contributed by atoms with Gasteiger partial charge in [-0.05, 0) is 42.0 Å². The van der Waals surface area contributed by atoms with Crippen LogP contribution in [0.1, 0.15) is 5.56 Å². The summed E-state index contributed by atoms with van der Waals surface area (Å²) in [6, 6.07) is 13.8. The van der Waals surface area contributed by atoms with Gasteiger partial charge in [-0.2, -0.15) is 5.10 Å². The number of guanidine groups is 1. The summed E-state index contributed by atoms with van der Waals surface area (Å²) >= 11 is 5.90. The first-order valence-electron chi connectivity index (χ1n) is 8.30. The maximum atomic E-state index is 13.0. The molecule has 2 aromatic carbocycles. The van der Waals surface area contributed by atoms with Gasteiger partial charge in [-0.1, -0.05) is 23.7 Å². The van der Waals surface area contributed by atoms with Crippen molar-refractivity contribution in [1.82, 2.24) is 14.7 Å². The maximum Gasteiger partial charge on any atom is 0.225 e. The summed E-state index contributed by atoms with van der Waals surface area (Å²) in [4.78, 5) is 10.8. The second-order valence-corrected chi connectivity index (χ2v) is 6.45. The third-order valence-electron chi connectivity index (χ3n) is 3.97. The molecular weight excluding hydrogens is 367 g/mol. The third-order valence-corrected chi connectivity index (χ3v) is 4.23. The molecule has 6 nitrogen and oxygen atoms in total. The molecule has 0 radical (unpaired) electrons. The molecular formula is C19H16ClFN6. The monoisotopic (exact) mass is 382 g/mol. The number of nitrogens with zero attached hydrogens (tertiary/aromatic N) is 5. The van der Waals surface area contributed by atoms with Crippen LogP contribution < -0.4 is 5.32 Å². The summed E-state index contributed by atoms with van der Waals surface area (Å²) in [5.74, 6) is 0.235. The molecule has 0 bridgehead atoms. The molecule has 0 atom stereocenters. The van der Waals surface area contributed by atoms with E-state index >= 15 is 0 Å². The quantitative estimate of drug-likeness (QED) is 0.743. The summed E-state index contributed by atoms with van der Waals surface area (Å²) in [7, 11) is 0. The van der Waals surface area contributed by atoms with Gasteiger partial charge in [0.1, 0.15) is 12.5 Å². The fourth-order valence-corrected chi connectivity index (χ4v) is 2.74. The van der Waals surface area contributed by atoms with Crippen molar-refractivity contribution in [1.29, 1.82) is 0 Å². The molecule has 0 saturated heterocycles. The van der Waals surface area contributed by atoms with Gasteiger partial charge in [-0.15, -0.1) is 0 Å². The first kappa shape index (κ1) is 17.2. The van der Waals surface area contributed by atoms with Crippen LogP contribution in [0.15, 0.2) is 70.9 Å². The van der Waals surface area contributed by atoms with Gasteiger partial charge in [0.15, 0.2) is 0 Å². The highest BCUT2D eigenvalue weighted by Crippen LogP contribution is 2.14. The minimum atomic E-state index is -0.279. The van der Waals surface area contributed by atoms with Crippen molar-refractivity contribution in [3.8, 4) is 5.69 Å². The Morgan fingerprint density at radius 2 is 1.85 bits per heavy atom. The first-order chi connectivity index (χ1) is 13.2. The van der Waals surface area contributed by atoms with Gasteiger partial charge in [-0.25, -0.2) is 19.1 Å². The second kappa shape index (κ2) is 7.59. The predicted octanol–water partition coefficient (Wildman–Crippen LogP) is 3.93. The van der Waals surface area contributed by atoms with Gasteiger partial charge in [0.25, 0.3) is 0 Å². The third kappa shape index (κ3) is 4.32. The lowest BCUT2D eigenvalue weighted by atomic mass is 10.2. The molecule has 8 heteroatoms. The van der Waals surface area contributed by atoms with Crippen molar-refractivity contribution < 1.29 is 4.39 Å². The van der Waals surface area contributed by atoms with Crippen LogP contribution in [0.4, 0.5) is 10.1 Å². The molecule has 0 unspecified atom stereocenters. The zero-order valence-electron chi connectivity index (χ0n) is 14.3. The summed E-state index contributed by atoms with van der Waals surface area (Å²) in [6.07, 6.45) is 5.22. The van der Waals surface area contributed by atoms with Crippen LogP contribution in [0.2, 0.25) is 5.02 Å². The molecule has 4 rings (SSSR count). The smallest absolute Gasteiger partial charge is 0.225 e. The highest BCUT2D eigenvalue weighted by Gasteiger charge is 2.09. The van der Waals surface area contributed by atoms with Crippen molar-refractivity contribution in [3.63, 3.8) is 0 Å². The van der Waals surface area contributed by atoms with E-state index in [1.54, 1.807) is 35.5 Å². The Morgan fingerprint density at radius 3 is 2.56 bits per heavy atom. The minimum absolute atomic E-state index is 0.279. The van der Waals surface area contributed by atoms with Crippen LogP contribution in [-0.4, -0.2) is 33.6 Å². The van der Waals surface area contributed by atoms with Gasteiger partial charge in [-0.3, -0.25) is 0 Å². The van der Waals surface area contributed by atoms with E-state index in [1.807, 2.05) is 29.2 Å². The number of aromatic nitrogens is 2. The fraction of sp³-hybridized carbons (Fsp3) is 0.105. The Kier molecular flexibility index (Phi) is 4.84. The van der Waals surface area contributed by atoms with E-state index in [1.165, 1.54) is 12.1 Å². The average molecular weight is 383 g/mol. The van der Waals surface area contributed by atoms with Crippen molar-refractivity contribution in [2.24, 2.45) is 9.98 Å². The molecule has 0 saturated carbocycles. The Hall–Kier alpha value is -3.19. The largest absolute Gasteiger partial charge is 0.339 e. The number of halogens is 2. The number of aliphatic imine (C=N–C) groups is 2. The van der Waals surface area contributed by atoms with Crippen LogP contribution in [0.5, 0.6) is 0 Å². The Bertz CT molecular complexity index is 978. The lowest BCUT2D eigenvalue weighted by Gasteiger charge is -2.21. The molecule has 0 fully saturated rings. The molecule has 27 heavy (non-hydrogen) atoms. The Labute approximate surface area is 160 Å². The topological polar surface area (TPSA) is 57.8 Å². The molecule has 0 amide bonds. The van der Waals surface area contributed by atoms with Crippen LogP contribution in [0.3, 0.4) is 0 Å². The molecule has 1 N–H and O–H groups in total. The van der Waals surface area contributed by atoms with E-state index < -0.39 is 0 Å². The number of hydrogen-bond donors (Lipinski definition) is 1. The van der Waals surface area contributed by atoms with Crippen molar-refractivity contribution in [3.05, 3.63) is 77.3 Å². The molecule has 3 aromatic rings. The molecule has 0 spiro atoms. The van der Waals surface area contributed by atoms with Gasteiger partial charge in [0.05, 0.1) is 30.1 Å². The zero-order valence-corrected chi connectivity index (χ0v) is 15.0. The van der Waals surface area contributed by atoms with E-state index in [0.29, 0.717) is 19.2 Å². The normalized spacial score (nSPS) is 13.6. The zero-order chi connectivity index (χ0) is 18.6. The van der Waals surface area contributed by atoms with Gasteiger partial charge in [0.2, 0.25) is 5.96 Å². The summed E-state index contributed by atoms with van der Waals surface area (Å²) in [6.45, 7) is 1.21. The molecule has 1 aliphatic rings. The second-order valence-electron chi connectivity index (χ2n) is 6.02. The van der Waals surface area contributed by atoms with E-state index in [-0.39, 0.29) is 5.82 Å². The molecule has 0 aliphatic carbocycles. The van der Waals surface area contributed by atoms with Gasteiger partial charge >= 0.3 is 0 Å². The maximum absolute atomic E-state index is 13.0. The van der Waals surface area contributed by atoms with E-state index in [4.69, 9.17) is 11.6 Å². The lowest BCUT2D eigenvalue weighted by Crippen LogP contribution is -2.28. The summed E-state index contributed by atoms with van der Waals surface area (Å²) < 4.78 is 14.7. The SMILES string of the molecule is Fc1ccc(-n2cc(NC3=NCN(Cc4ccc(Cl)cc4)C=N3)cn2)cc1. The first-order valence-corrected chi connectivity index (χ1v) is 8.68. The molecule has 1 aliphatic heterocycles. The summed E-state index contributed by atoms with van der Waals surface area (Å²) in [5, 5.41) is 8.11. The number of hydrogen-bond acceptors (Lipinski definition) is 5. The van der Waals surface area contributed by atoms with E-state index in [0.717, 1.165) is 22.0 Å². The van der Waals surface area contributed by atoms with Crippen molar-refractivity contribution in [2.45, 2.75) is 6.54 Å². The number of nitrogens with one attached hydrogen (secondary N) is 1. The van der Waals surface area contributed by atoms with Crippen LogP contribution >= 0.6 is 11.6 Å². The minimum Gasteiger partial charge on any atom is -0.339 e. The number of benzene rings is 2. The Balaban J connectivity index is 1.36. The average Bonchev–Trinajstić information content (AvgIpc) is 3.14. The number of anilines is 1. The molecule has 1 aromatic heterocycles. The predicted molar refractivity (Wildman–Crippen MR) is 105 cm³/mol. The highest BCUT2D eigenvalue weighted by molar-refractivity contribution is 6.30. The molecule has 136 valence electrons. The Morgan fingerprint density at radius 1 is 1.07 bits per heavy atom. The standard InChI is InChI=1S/C19H16ClFN6/c20-15-3-1-14(2-4-15)10-26-12-22-19(23-13-26)25-17-9-24-27(11-17)18-7-5-16(21)6-8-18/h1-9,11-12H,10,13H2,(H,23,25). The summed E-state index contributed by atoms with van der Waals surface area (Å²) in [5.41, 5.74) is 2.66. The number of rotatable bonds is 4. The van der Waals surface area contributed by atoms with Gasteiger partial charge in [0, 0.05) is 11.6 Å². The van der Waals surface area contributed by atoms with Crippen LogP contribution in [0.25, 0.3) is 5.69 Å². The fourth-order valence-electron chi connectivity index (χ4n) is 2.61. The van der Waals surface area contributed by atoms with Crippen molar-refractivity contribution in [2.75, 3.05) is 12.0 Å².